The number of aryl methyl sites for hydroxylation is 2. The summed E-state index contributed by atoms with van der Waals surface area (Å²) in [7, 11) is 1.65. The van der Waals surface area contributed by atoms with E-state index in [0.29, 0.717) is 16.6 Å². The summed E-state index contributed by atoms with van der Waals surface area (Å²) in [5.41, 5.74) is 6.96. The van der Waals surface area contributed by atoms with Gasteiger partial charge in [0.2, 0.25) is 11.8 Å². The molecule has 2 N–H and O–H groups in total. The highest BCUT2D eigenvalue weighted by molar-refractivity contribution is 6.31. The molecule has 7 heteroatoms. The molecule has 0 bridgehead atoms. The third-order valence-electron chi connectivity index (χ3n) is 4.67. The van der Waals surface area contributed by atoms with E-state index in [1.54, 1.807) is 25.5 Å². The first-order chi connectivity index (χ1) is 14.2. The number of rotatable bonds is 8. The van der Waals surface area contributed by atoms with Crippen molar-refractivity contribution in [3.63, 3.8) is 0 Å². The Morgan fingerprint density at radius 3 is 2.43 bits per heavy atom. The number of anilines is 1. The largest absolute Gasteiger partial charge is 0.496 e. The number of hydrogen-bond donors (Lipinski definition) is 2. The van der Waals surface area contributed by atoms with Crippen LogP contribution in [0.2, 0.25) is 5.02 Å². The van der Waals surface area contributed by atoms with E-state index in [9.17, 15) is 9.59 Å². The fraction of sp³-hybridized carbons (Fsp3) is 0.348. The predicted octanol–water partition coefficient (Wildman–Crippen LogP) is 4.96. The number of carbonyl (C=O) groups excluding carboxylic acids is 2. The molecule has 0 saturated carbocycles. The van der Waals surface area contributed by atoms with Gasteiger partial charge in [-0.15, -0.1) is 0 Å². The minimum absolute atomic E-state index is 0.0294. The van der Waals surface area contributed by atoms with Crippen LogP contribution in [-0.2, 0) is 9.59 Å². The first-order valence-electron chi connectivity index (χ1n) is 9.77. The molecule has 0 spiro atoms. The van der Waals surface area contributed by atoms with Gasteiger partial charge in [0.1, 0.15) is 5.75 Å². The van der Waals surface area contributed by atoms with Crippen LogP contribution in [0.3, 0.4) is 0 Å². The van der Waals surface area contributed by atoms with Crippen LogP contribution in [0, 0.1) is 13.8 Å². The first kappa shape index (κ1) is 23.4. The molecular formula is C23H28ClN3O3. The molecule has 2 rings (SSSR count). The molecule has 6 nitrogen and oxygen atoms in total. The van der Waals surface area contributed by atoms with Crippen molar-refractivity contribution in [3.05, 3.63) is 57.6 Å². The lowest BCUT2D eigenvalue weighted by molar-refractivity contribution is -0.124. The Kier molecular flexibility index (Phi) is 8.42. The lowest BCUT2D eigenvalue weighted by Crippen LogP contribution is -2.20. The van der Waals surface area contributed by atoms with Crippen LogP contribution < -0.4 is 15.5 Å². The van der Waals surface area contributed by atoms with Crippen molar-refractivity contribution in [1.29, 1.82) is 0 Å². The molecule has 0 fully saturated rings. The van der Waals surface area contributed by atoms with Crippen molar-refractivity contribution in [2.75, 3.05) is 12.4 Å². The summed E-state index contributed by atoms with van der Waals surface area (Å²) >= 11 is 6.05. The van der Waals surface area contributed by atoms with Crippen LogP contribution in [0.4, 0.5) is 5.69 Å². The number of hydrogen-bond acceptors (Lipinski definition) is 4. The van der Waals surface area contributed by atoms with Crippen molar-refractivity contribution in [1.82, 2.24) is 5.43 Å². The zero-order valence-corrected chi connectivity index (χ0v) is 18.8. The lowest BCUT2D eigenvalue weighted by atomic mass is 9.97. The van der Waals surface area contributed by atoms with Crippen LogP contribution in [-0.4, -0.2) is 25.1 Å². The van der Waals surface area contributed by atoms with Crippen molar-refractivity contribution in [2.24, 2.45) is 5.10 Å². The number of carbonyl (C=O) groups is 2. The van der Waals surface area contributed by atoms with E-state index in [1.807, 2.05) is 32.0 Å². The monoisotopic (exact) mass is 429 g/mol. The number of ether oxygens (including phenoxy) is 1. The summed E-state index contributed by atoms with van der Waals surface area (Å²) in [6.45, 7) is 8.02. The SMILES string of the molecule is COc1cc(C)c(C=NNC(=O)CCC(=O)Nc2ccc(C)c(Cl)c2)cc1C(C)C. The van der Waals surface area contributed by atoms with Gasteiger partial charge in [0.05, 0.1) is 13.3 Å². The molecule has 0 atom stereocenters. The summed E-state index contributed by atoms with van der Waals surface area (Å²) in [4.78, 5) is 24.0. The smallest absolute Gasteiger partial charge is 0.240 e. The summed E-state index contributed by atoms with van der Waals surface area (Å²) in [6, 6.07) is 9.24. The highest BCUT2D eigenvalue weighted by atomic mass is 35.5. The number of benzene rings is 2. The molecule has 0 saturated heterocycles. The Morgan fingerprint density at radius 1 is 1.10 bits per heavy atom. The van der Waals surface area contributed by atoms with Gasteiger partial charge in [-0.25, -0.2) is 5.43 Å². The average molecular weight is 430 g/mol. The quantitative estimate of drug-likeness (QED) is 0.459. The Morgan fingerprint density at radius 2 is 1.80 bits per heavy atom. The Balaban J connectivity index is 1.88. The van der Waals surface area contributed by atoms with E-state index in [0.717, 1.165) is 28.0 Å². The van der Waals surface area contributed by atoms with Crippen molar-refractivity contribution < 1.29 is 14.3 Å². The van der Waals surface area contributed by atoms with Gasteiger partial charge in [-0.1, -0.05) is 31.5 Å². The topological polar surface area (TPSA) is 79.8 Å². The van der Waals surface area contributed by atoms with E-state index in [2.05, 4.69) is 29.7 Å². The lowest BCUT2D eigenvalue weighted by Gasteiger charge is -2.14. The molecule has 0 aliphatic heterocycles. The Hall–Kier alpha value is -2.86. The van der Waals surface area contributed by atoms with Gasteiger partial charge in [-0.05, 0) is 66.3 Å². The normalized spacial score (nSPS) is 11.0. The van der Waals surface area contributed by atoms with Gasteiger partial charge < -0.3 is 10.1 Å². The Labute approximate surface area is 182 Å². The second-order valence-electron chi connectivity index (χ2n) is 7.41. The van der Waals surface area contributed by atoms with Gasteiger partial charge in [0.15, 0.2) is 0 Å². The van der Waals surface area contributed by atoms with Crippen LogP contribution >= 0.6 is 11.6 Å². The molecule has 0 aliphatic carbocycles. The van der Waals surface area contributed by atoms with E-state index in [-0.39, 0.29) is 24.7 Å². The summed E-state index contributed by atoms with van der Waals surface area (Å²) in [5.74, 6) is 0.536. The van der Waals surface area contributed by atoms with E-state index in [4.69, 9.17) is 16.3 Å². The molecule has 2 amide bonds. The number of hydrazone groups is 1. The average Bonchev–Trinajstić information content (AvgIpc) is 2.70. The predicted molar refractivity (Wildman–Crippen MR) is 122 cm³/mol. The summed E-state index contributed by atoms with van der Waals surface area (Å²) < 4.78 is 5.43. The molecular weight excluding hydrogens is 402 g/mol. The number of nitrogens with zero attached hydrogens (tertiary/aromatic N) is 1. The van der Waals surface area contributed by atoms with Crippen LogP contribution in [0.1, 0.15) is 54.9 Å². The van der Waals surface area contributed by atoms with Gasteiger partial charge in [0.25, 0.3) is 0 Å². The van der Waals surface area contributed by atoms with E-state index < -0.39 is 0 Å². The molecule has 0 radical (unpaired) electrons. The maximum absolute atomic E-state index is 12.0. The maximum atomic E-state index is 12.0. The van der Waals surface area contributed by atoms with E-state index >= 15 is 0 Å². The molecule has 0 aliphatic rings. The third kappa shape index (κ3) is 6.59. The molecule has 160 valence electrons. The molecule has 0 unspecified atom stereocenters. The van der Waals surface area contributed by atoms with Gasteiger partial charge in [-0.3, -0.25) is 9.59 Å². The zero-order valence-electron chi connectivity index (χ0n) is 18.0. The van der Waals surface area contributed by atoms with Gasteiger partial charge in [-0.2, -0.15) is 5.10 Å². The van der Waals surface area contributed by atoms with Crippen LogP contribution in [0.5, 0.6) is 5.75 Å². The summed E-state index contributed by atoms with van der Waals surface area (Å²) in [6.07, 6.45) is 1.68. The highest BCUT2D eigenvalue weighted by Gasteiger charge is 2.11. The second-order valence-corrected chi connectivity index (χ2v) is 7.82. The molecule has 0 heterocycles. The van der Waals surface area contributed by atoms with Gasteiger partial charge >= 0.3 is 0 Å². The molecule has 0 aromatic heterocycles. The minimum Gasteiger partial charge on any atom is -0.496 e. The fourth-order valence-electron chi connectivity index (χ4n) is 2.83. The third-order valence-corrected chi connectivity index (χ3v) is 5.08. The minimum atomic E-state index is -0.335. The zero-order chi connectivity index (χ0) is 22.3. The standard InChI is InChI=1S/C23H28ClN3O3/c1-14(2)19-11-17(16(4)10-21(19)30-5)13-25-27-23(29)9-8-22(28)26-18-7-6-15(3)20(24)12-18/h6-7,10-14H,8-9H2,1-5H3,(H,26,28)(H,27,29). The van der Waals surface area contributed by atoms with Crippen LogP contribution in [0.15, 0.2) is 35.4 Å². The second kappa shape index (κ2) is 10.8. The molecule has 2 aromatic carbocycles. The van der Waals surface area contributed by atoms with E-state index in [1.165, 1.54) is 0 Å². The Bertz CT molecular complexity index is 955. The summed E-state index contributed by atoms with van der Waals surface area (Å²) in [5, 5.41) is 7.33. The molecule has 30 heavy (non-hydrogen) atoms. The van der Waals surface area contributed by atoms with Crippen molar-refractivity contribution >= 4 is 35.3 Å². The van der Waals surface area contributed by atoms with Crippen molar-refractivity contribution in [2.45, 2.75) is 46.5 Å². The number of halogens is 1. The maximum Gasteiger partial charge on any atom is 0.240 e. The van der Waals surface area contributed by atoms with Crippen molar-refractivity contribution in [3.8, 4) is 5.75 Å². The fourth-order valence-corrected chi connectivity index (χ4v) is 3.01. The highest BCUT2D eigenvalue weighted by Crippen LogP contribution is 2.29. The molecule has 2 aromatic rings. The number of amides is 2. The number of methoxy groups -OCH3 is 1. The first-order valence-corrected chi connectivity index (χ1v) is 10.2. The van der Waals surface area contributed by atoms with Crippen LogP contribution in [0.25, 0.3) is 0 Å². The van der Waals surface area contributed by atoms with Gasteiger partial charge in [0, 0.05) is 23.6 Å². The number of nitrogens with one attached hydrogen (secondary N) is 2.